The van der Waals surface area contributed by atoms with Crippen LogP contribution in [0.2, 0.25) is 0 Å². The number of aliphatic hydroxyl groups is 3. The number of nitrogens with two attached hydrogens (primary N) is 1. The lowest BCUT2D eigenvalue weighted by atomic mass is 9.59. The number of ketones is 1. The number of amides is 1. The van der Waals surface area contributed by atoms with E-state index in [-0.39, 0.29) is 34.6 Å². The molecule has 8 nitrogen and oxygen atoms in total. The van der Waals surface area contributed by atoms with Gasteiger partial charge in [-0.15, -0.1) is 0 Å². The van der Waals surface area contributed by atoms with Crippen molar-refractivity contribution in [2.45, 2.75) is 44.8 Å². The van der Waals surface area contributed by atoms with Crippen LogP contribution in [0.3, 0.4) is 0 Å². The van der Waals surface area contributed by atoms with E-state index < -0.39 is 47.3 Å². The van der Waals surface area contributed by atoms with Crippen LogP contribution in [0.25, 0.3) is 11.1 Å². The van der Waals surface area contributed by atoms with Gasteiger partial charge in [0.25, 0.3) is 0 Å². The smallest absolute Gasteiger partial charge is 0.248 e. The van der Waals surface area contributed by atoms with E-state index in [0.717, 1.165) is 22.3 Å². The quantitative estimate of drug-likeness (QED) is 0.432. The number of carbonyl (C=O) groups is 2. The Kier molecular flexibility index (Phi) is 5.73. The van der Waals surface area contributed by atoms with Gasteiger partial charge in [-0.3, -0.25) is 14.5 Å². The lowest BCUT2D eigenvalue weighted by Crippen LogP contribution is -2.59. The van der Waals surface area contributed by atoms with E-state index in [4.69, 9.17) is 5.73 Å². The molecule has 0 bridgehead atoms. The monoisotopic (exact) mass is 504 g/mol. The van der Waals surface area contributed by atoms with Crippen LogP contribution in [0.5, 0.6) is 5.75 Å². The first-order chi connectivity index (χ1) is 17.3. The van der Waals surface area contributed by atoms with Crippen molar-refractivity contribution in [2.75, 3.05) is 14.1 Å². The van der Waals surface area contributed by atoms with Crippen LogP contribution in [-0.2, 0) is 11.2 Å². The number of Topliss-reactive ketones (excluding diaryl/α,β-unsaturated/α-hetero) is 1. The fourth-order valence-electron chi connectivity index (χ4n) is 6.73. The third-order valence-corrected chi connectivity index (χ3v) is 8.24. The molecule has 0 saturated heterocycles. The van der Waals surface area contributed by atoms with Gasteiger partial charge in [0.15, 0.2) is 5.78 Å². The van der Waals surface area contributed by atoms with Crippen molar-refractivity contribution in [1.29, 1.82) is 0 Å². The molecule has 1 amide bonds. The molecule has 0 aliphatic heterocycles. The summed E-state index contributed by atoms with van der Waals surface area (Å²) in [7, 11) is 3.41. The number of likely N-dealkylation sites (N-methyl/N-ethyl adjacent to an activating group) is 1. The molecule has 3 aliphatic carbocycles. The fourth-order valence-corrected chi connectivity index (χ4v) is 6.73. The summed E-state index contributed by atoms with van der Waals surface area (Å²) >= 11 is 0. The molecule has 3 aliphatic rings. The average molecular weight is 505 g/mol. The Hall–Kier alpha value is -3.62. The van der Waals surface area contributed by atoms with Crippen molar-refractivity contribution in [3.8, 4) is 16.9 Å². The molecule has 0 aromatic heterocycles. The molecule has 6 N–H and O–H groups in total. The topological polar surface area (TPSA) is 144 Å². The molecule has 37 heavy (non-hydrogen) atoms. The van der Waals surface area contributed by atoms with Crippen molar-refractivity contribution in [1.82, 2.24) is 4.90 Å². The summed E-state index contributed by atoms with van der Waals surface area (Å²) in [6, 6.07) is 8.63. The summed E-state index contributed by atoms with van der Waals surface area (Å²) in [5, 5.41) is 44.9. The summed E-state index contributed by atoms with van der Waals surface area (Å²) in [6.07, 6.45) is 0.235. The number of primary amides is 1. The predicted molar refractivity (Wildman–Crippen MR) is 138 cm³/mol. The van der Waals surface area contributed by atoms with Crippen LogP contribution in [0.15, 0.2) is 53.0 Å². The van der Waals surface area contributed by atoms with Crippen molar-refractivity contribution >= 4 is 11.7 Å². The van der Waals surface area contributed by atoms with E-state index in [2.05, 4.69) is 6.07 Å². The Labute approximate surface area is 215 Å². The maximum atomic E-state index is 13.9. The van der Waals surface area contributed by atoms with Gasteiger partial charge in [0, 0.05) is 17.9 Å². The molecule has 4 unspecified atom stereocenters. The number of hydrogen-bond donors (Lipinski definition) is 5. The van der Waals surface area contributed by atoms with Gasteiger partial charge in [0.05, 0.1) is 17.2 Å². The number of allylic oxidation sites excluding steroid dienone is 1. The molecule has 5 rings (SSSR count). The minimum Gasteiger partial charge on any atom is -0.510 e. The van der Waals surface area contributed by atoms with Gasteiger partial charge in [-0.2, -0.15) is 0 Å². The molecule has 8 heteroatoms. The first-order valence-corrected chi connectivity index (χ1v) is 12.4. The number of phenolic OH excluding ortho intramolecular Hbond substituents is 1. The number of nitrogens with zero attached hydrogens (tertiary/aromatic N) is 1. The molecule has 0 saturated carbocycles. The van der Waals surface area contributed by atoms with Crippen LogP contribution in [-0.4, -0.2) is 62.8 Å². The first-order valence-electron chi connectivity index (χ1n) is 12.4. The van der Waals surface area contributed by atoms with E-state index in [1.807, 2.05) is 26.0 Å². The van der Waals surface area contributed by atoms with Crippen LogP contribution < -0.4 is 5.73 Å². The van der Waals surface area contributed by atoms with Gasteiger partial charge in [0.1, 0.15) is 22.9 Å². The second-order valence-electron chi connectivity index (χ2n) is 10.9. The molecule has 194 valence electrons. The molecular formula is C29H32N2O6. The highest BCUT2D eigenvalue weighted by atomic mass is 16.3. The number of rotatable bonds is 3. The van der Waals surface area contributed by atoms with Crippen molar-refractivity contribution in [3.05, 3.63) is 75.3 Å². The normalized spacial score (nSPS) is 27.2. The number of fused-ring (bicyclic) bond motifs is 3. The zero-order valence-electron chi connectivity index (χ0n) is 21.4. The number of hydrogen-bond acceptors (Lipinski definition) is 7. The van der Waals surface area contributed by atoms with Crippen molar-refractivity contribution in [3.63, 3.8) is 0 Å². The highest BCUT2D eigenvalue weighted by Crippen LogP contribution is 2.54. The zero-order chi connectivity index (χ0) is 27.0. The van der Waals surface area contributed by atoms with E-state index in [1.54, 1.807) is 25.1 Å². The van der Waals surface area contributed by atoms with Gasteiger partial charge in [-0.1, -0.05) is 35.4 Å². The number of benzene rings is 2. The highest BCUT2D eigenvalue weighted by molar-refractivity contribution is 6.14. The number of phenols is 1. The van der Waals surface area contributed by atoms with Crippen molar-refractivity contribution in [2.24, 2.45) is 17.6 Å². The molecule has 0 fully saturated rings. The Balaban J connectivity index is 1.70. The second-order valence-corrected chi connectivity index (χ2v) is 10.9. The average Bonchev–Trinajstić information content (AvgIpc) is 2.79. The SMILES string of the molecule is Cc1cc(C)cc(-c2ccc(O)c3c2CC2CC4C(N(C)C)C(O)=C(C(N)=O)CC4(O)C(O)=C2C3=O)c1. The summed E-state index contributed by atoms with van der Waals surface area (Å²) in [5.74, 6) is -3.52. The lowest BCUT2D eigenvalue weighted by Gasteiger charge is -2.51. The molecular weight excluding hydrogens is 472 g/mol. The van der Waals surface area contributed by atoms with Crippen LogP contribution >= 0.6 is 0 Å². The van der Waals surface area contributed by atoms with E-state index in [9.17, 15) is 30.0 Å². The Bertz CT molecular complexity index is 1400. The number of aliphatic hydroxyl groups excluding tert-OH is 2. The fraction of sp³-hybridized carbons (Fsp3) is 0.379. The van der Waals surface area contributed by atoms with Gasteiger partial charge in [-0.25, -0.2) is 0 Å². The lowest BCUT2D eigenvalue weighted by molar-refractivity contribution is -0.118. The third-order valence-electron chi connectivity index (χ3n) is 8.24. The van der Waals surface area contributed by atoms with Gasteiger partial charge < -0.3 is 26.2 Å². The second kappa shape index (κ2) is 8.46. The largest absolute Gasteiger partial charge is 0.510 e. The van der Waals surface area contributed by atoms with Crippen LogP contribution in [0.1, 0.15) is 39.9 Å². The highest BCUT2D eigenvalue weighted by Gasteiger charge is 2.58. The van der Waals surface area contributed by atoms with Gasteiger partial charge >= 0.3 is 0 Å². The summed E-state index contributed by atoms with van der Waals surface area (Å²) < 4.78 is 0. The Morgan fingerprint density at radius 2 is 1.73 bits per heavy atom. The minimum atomic E-state index is -1.97. The maximum absolute atomic E-state index is 13.9. The third kappa shape index (κ3) is 3.66. The predicted octanol–water partition coefficient (Wildman–Crippen LogP) is 3.23. The van der Waals surface area contributed by atoms with E-state index in [0.29, 0.717) is 12.0 Å². The first kappa shape index (κ1) is 25.0. The standard InChI is InChI=1S/C29H32N2O6/c1-13-7-14(2)9-15(8-13)17-5-6-21(32)23-18(17)10-16-11-20-24(31(3)4)25(33)19(28(30)36)12-29(20,37)27(35)22(16)26(23)34/h5-9,16,20,24,32-33,35,37H,10-12H2,1-4H3,(H2,30,36). The molecule has 0 heterocycles. The van der Waals surface area contributed by atoms with Crippen molar-refractivity contribution < 1.29 is 30.0 Å². The molecule has 4 atom stereocenters. The van der Waals surface area contributed by atoms with Gasteiger partial charge in [-0.05, 0) is 69.5 Å². The number of carbonyl (C=O) groups excluding carboxylic acids is 2. The van der Waals surface area contributed by atoms with E-state index >= 15 is 0 Å². The molecule has 2 aromatic carbocycles. The summed E-state index contributed by atoms with van der Waals surface area (Å²) in [4.78, 5) is 27.6. The molecule has 2 aromatic rings. The zero-order valence-corrected chi connectivity index (χ0v) is 21.4. The number of aromatic hydroxyl groups is 1. The minimum absolute atomic E-state index is 0.0434. The summed E-state index contributed by atoms with van der Waals surface area (Å²) in [5.41, 5.74) is 8.12. The molecule has 0 spiro atoms. The van der Waals surface area contributed by atoms with Crippen LogP contribution in [0.4, 0.5) is 0 Å². The Morgan fingerprint density at radius 3 is 2.32 bits per heavy atom. The maximum Gasteiger partial charge on any atom is 0.248 e. The molecule has 0 radical (unpaired) electrons. The van der Waals surface area contributed by atoms with E-state index in [1.165, 1.54) is 6.07 Å². The van der Waals surface area contributed by atoms with Crippen LogP contribution in [0, 0.1) is 25.7 Å². The number of aryl methyl sites for hydroxylation is 2. The Morgan fingerprint density at radius 1 is 1.08 bits per heavy atom. The summed E-state index contributed by atoms with van der Waals surface area (Å²) in [6.45, 7) is 4.00. The van der Waals surface area contributed by atoms with Gasteiger partial charge in [0.2, 0.25) is 5.91 Å².